The quantitative estimate of drug-likeness (QED) is 0.538. The van der Waals surface area contributed by atoms with Crippen molar-refractivity contribution in [3.05, 3.63) is 51.5 Å². The van der Waals surface area contributed by atoms with Gasteiger partial charge < -0.3 is 9.84 Å². The molecule has 0 radical (unpaired) electrons. The molecule has 0 unspecified atom stereocenters. The van der Waals surface area contributed by atoms with Gasteiger partial charge in [-0.05, 0) is 54.7 Å². The Hall–Kier alpha value is -1.42. The molecule has 0 aliphatic rings. The normalized spacial score (nSPS) is 10.6. The number of hydrogen-bond donors (Lipinski definition) is 1. The molecule has 0 bridgehead atoms. The molecule has 2 aromatic rings. The molecule has 0 fully saturated rings. The highest BCUT2D eigenvalue weighted by Crippen LogP contribution is 2.33. The third kappa shape index (κ3) is 5.59. The standard InChI is InChI=1S/C18H17Cl3O3/c19-14-7-5-12(10-15(14)20)13-6-8-17(16(21)11-13)24-9-3-1-2-4-18(22)23/h5-8,10-11H,1-4,9H2,(H,22,23). The molecule has 128 valence electrons. The zero-order valence-corrected chi connectivity index (χ0v) is 15.2. The van der Waals surface area contributed by atoms with Gasteiger partial charge in [-0.1, -0.05) is 46.9 Å². The zero-order valence-electron chi connectivity index (χ0n) is 12.9. The fraction of sp³-hybridized carbons (Fsp3) is 0.278. The molecule has 0 spiro atoms. The number of hydrogen-bond acceptors (Lipinski definition) is 2. The second-order valence-corrected chi connectivity index (χ2v) is 6.55. The number of benzene rings is 2. The summed E-state index contributed by atoms with van der Waals surface area (Å²) < 4.78 is 5.65. The predicted molar refractivity (Wildman–Crippen MR) is 98.5 cm³/mol. The first-order chi connectivity index (χ1) is 11.5. The van der Waals surface area contributed by atoms with E-state index in [2.05, 4.69) is 0 Å². The Morgan fingerprint density at radius 3 is 2.17 bits per heavy atom. The smallest absolute Gasteiger partial charge is 0.303 e. The Morgan fingerprint density at radius 2 is 1.54 bits per heavy atom. The van der Waals surface area contributed by atoms with E-state index in [4.69, 9.17) is 44.6 Å². The van der Waals surface area contributed by atoms with Crippen molar-refractivity contribution in [2.45, 2.75) is 25.7 Å². The summed E-state index contributed by atoms with van der Waals surface area (Å²) in [6, 6.07) is 11.0. The lowest BCUT2D eigenvalue weighted by atomic mass is 10.1. The van der Waals surface area contributed by atoms with Gasteiger partial charge in [-0.3, -0.25) is 4.79 Å². The van der Waals surface area contributed by atoms with Crippen molar-refractivity contribution in [1.82, 2.24) is 0 Å². The molecule has 0 saturated carbocycles. The maximum absolute atomic E-state index is 10.4. The van der Waals surface area contributed by atoms with E-state index in [1.807, 2.05) is 24.3 Å². The van der Waals surface area contributed by atoms with Crippen LogP contribution in [0, 0.1) is 0 Å². The summed E-state index contributed by atoms with van der Waals surface area (Å²) in [6.07, 6.45) is 2.45. The van der Waals surface area contributed by atoms with Crippen LogP contribution >= 0.6 is 34.8 Å². The fourth-order valence-electron chi connectivity index (χ4n) is 2.21. The largest absolute Gasteiger partial charge is 0.492 e. The van der Waals surface area contributed by atoms with E-state index < -0.39 is 5.97 Å². The van der Waals surface area contributed by atoms with E-state index in [-0.39, 0.29) is 6.42 Å². The van der Waals surface area contributed by atoms with Crippen molar-refractivity contribution in [2.24, 2.45) is 0 Å². The van der Waals surface area contributed by atoms with Crippen LogP contribution in [-0.2, 0) is 4.79 Å². The highest BCUT2D eigenvalue weighted by atomic mass is 35.5. The van der Waals surface area contributed by atoms with Crippen molar-refractivity contribution < 1.29 is 14.6 Å². The van der Waals surface area contributed by atoms with Crippen LogP contribution in [0.4, 0.5) is 0 Å². The monoisotopic (exact) mass is 386 g/mol. The summed E-state index contributed by atoms with van der Waals surface area (Å²) in [7, 11) is 0. The molecular weight excluding hydrogens is 371 g/mol. The molecule has 0 saturated heterocycles. The average Bonchev–Trinajstić information content (AvgIpc) is 2.54. The van der Waals surface area contributed by atoms with Crippen molar-refractivity contribution in [1.29, 1.82) is 0 Å². The van der Waals surface area contributed by atoms with Crippen LogP contribution in [0.15, 0.2) is 36.4 Å². The summed E-state index contributed by atoms with van der Waals surface area (Å²) in [5.41, 5.74) is 1.85. The first-order valence-electron chi connectivity index (χ1n) is 7.57. The molecule has 1 N–H and O–H groups in total. The maximum atomic E-state index is 10.4. The Kier molecular flexibility index (Phi) is 7.22. The van der Waals surface area contributed by atoms with E-state index >= 15 is 0 Å². The number of halogens is 3. The van der Waals surface area contributed by atoms with Gasteiger partial charge in [0, 0.05) is 6.42 Å². The van der Waals surface area contributed by atoms with Crippen LogP contribution in [0.25, 0.3) is 11.1 Å². The minimum Gasteiger partial charge on any atom is -0.492 e. The second-order valence-electron chi connectivity index (χ2n) is 5.33. The SMILES string of the molecule is O=C(O)CCCCCOc1ccc(-c2ccc(Cl)c(Cl)c2)cc1Cl. The van der Waals surface area contributed by atoms with Gasteiger partial charge in [-0.25, -0.2) is 0 Å². The Labute approximate surface area is 156 Å². The van der Waals surface area contributed by atoms with E-state index in [1.54, 1.807) is 12.1 Å². The summed E-state index contributed by atoms with van der Waals surface area (Å²) in [5.74, 6) is -0.157. The number of carbonyl (C=O) groups is 1. The third-order valence-corrected chi connectivity index (χ3v) is 4.51. The highest BCUT2D eigenvalue weighted by Gasteiger charge is 2.07. The zero-order chi connectivity index (χ0) is 17.5. The summed E-state index contributed by atoms with van der Waals surface area (Å²) in [4.78, 5) is 10.4. The molecule has 2 rings (SSSR count). The van der Waals surface area contributed by atoms with E-state index in [0.717, 1.165) is 24.0 Å². The van der Waals surface area contributed by atoms with Crippen LogP contribution in [0.5, 0.6) is 5.75 Å². The number of carboxylic acid groups (broad SMARTS) is 1. The number of ether oxygens (including phenoxy) is 1. The molecule has 0 aromatic heterocycles. The molecule has 24 heavy (non-hydrogen) atoms. The van der Waals surface area contributed by atoms with Gasteiger partial charge in [-0.2, -0.15) is 0 Å². The first kappa shape index (κ1) is 18.9. The molecule has 6 heteroatoms. The Morgan fingerprint density at radius 1 is 0.875 bits per heavy atom. The molecular formula is C18H17Cl3O3. The van der Waals surface area contributed by atoms with Gasteiger partial charge in [0.25, 0.3) is 0 Å². The Bertz CT molecular complexity index is 717. The second kappa shape index (κ2) is 9.16. The van der Waals surface area contributed by atoms with Crippen LogP contribution in [0.2, 0.25) is 15.1 Å². The lowest BCUT2D eigenvalue weighted by molar-refractivity contribution is -0.137. The minimum atomic E-state index is -0.767. The van der Waals surface area contributed by atoms with Crippen molar-refractivity contribution in [2.75, 3.05) is 6.61 Å². The molecule has 0 aliphatic heterocycles. The summed E-state index contributed by atoms with van der Waals surface area (Å²) >= 11 is 18.2. The van der Waals surface area contributed by atoms with Gasteiger partial charge in [0.05, 0.1) is 21.7 Å². The van der Waals surface area contributed by atoms with Crippen LogP contribution in [-0.4, -0.2) is 17.7 Å². The predicted octanol–water partition coefficient (Wildman–Crippen LogP) is 6.34. The number of rotatable bonds is 8. The van der Waals surface area contributed by atoms with Crippen molar-refractivity contribution in [3.8, 4) is 16.9 Å². The number of carboxylic acids is 1. The minimum absolute atomic E-state index is 0.194. The molecule has 0 aliphatic carbocycles. The van der Waals surface area contributed by atoms with Gasteiger partial charge in [0.2, 0.25) is 0 Å². The van der Waals surface area contributed by atoms with E-state index in [0.29, 0.717) is 33.8 Å². The fourth-order valence-corrected chi connectivity index (χ4v) is 2.74. The highest BCUT2D eigenvalue weighted by molar-refractivity contribution is 6.42. The van der Waals surface area contributed by atoms with Crippen LogP contribution in [0.1, 0.15) is 25.7 Å². The van der Waals surface area contributed by atoms with E-state index in [1.165, 1.54) is 0 Å². The average molecular weight is 388 g/mol. The number of aliphatic carboxylic acids is 1. The van der Waals surface area contributed by atoms with Gasteiger partial charge in [-0.15, -0.1) is 0 Å². The first-order valence-corrected chi connectivity index (χ1v) is 8.70. The Balaban J connectivity index is 1.92. The molecule has 3 nitrogen and oxygen atoms in total. The molecule has 0 amide bonds. The summed E-state index contributed by atoms with van der Waals surface area (Å²) in [5, 5.41) is 10.1. The topological polar surface area (TPSA) is 46.5 Å². The summed E-state index contributed by atoms with van der Waals surface area (Å²) in [6.45, 7) is 0.505. The van der Waals surface area contributed by atoms with E-state index in [9.17, 15) is 4.79 Å². The molecule has 0 atom stereocenters. The van der Waals surface area contributed by atoms with Gasteiger partial charge in [0.15, 0.2) is 0 Å². The lowest BCUT2D eigenvalue weighted by Crippen LogP contribution is -1.99. The third-order valence-electron chi connectivity index (χ3n) is 3.48. The van der Waals surface area contributed by atoms with Gasteiger partial charge >= 0.3 is 5.97 Å². The van der Waals surface area contributed by atoms with Crippen LogP contribution < -0.4 is 4.74 Å². The molecule has 2 aromatic carbocycles. The van der Waals surface area contributed by atoms with Gasteiger partial charge in [0.1, 0.15) is 5.75 Å². The number of unbranched alkanes of at least 4 members (excludes halogenated alkanes) is 2. The van der Waals surface area contributed by atoms with Crippen LogP contribution in [0.3, 0.4) is 0 Å². The van der Waals surface area contributed by atoms with Crippen molar-refractivity contribution in [3.63, 3.8) is 0 Å². The molecule has 0 heterocycles. The lowest BCUT2D eigenvalue weighted by Gasteiger charge is -2.10. The maximum Gasteiger partial charge on any atom is 0.303 e. The van der Waals surface area contributed by atoms with Crippen molar-refractivity contribution >= 4 is 40.8 Å².